The van der Waals surface area contributed by atoms with Gasteiger partial charge in [-0.3, -0.25) is 19.7 Å². The Bertz CT molecular complexity index is 5720. The number of esters is 3. The maximum Gasteiger partial charge on any atom is 0.339 e. The van der Waals surface area contributed by atoms with Crippen LogP contribution in [0.5, 0.6) is 11.5 Å². The largest absolute Gasteiger partial charge is 0.487 e. The predicted octanol–water partition coefficient (Wildman–Crippen LogP) is 18.7. The van der Waals surface area contributed by atoms with Crippen molar-refractivity contribution < 1.29 is 80.8 Å². The molecule has 2 atom stereocenters. The highest BCUT2D eigenvalue weighted by molar-refractivity contribution is 8.13. The van der Waals surface area contributed by atoms with E-state index in [-0.39, 0.29) is 40.9 Å². The number of amides is 4. The summed E-state index contributed by atoms with van der Waals surface area (Å²) in [6.45, 7) is 31.6. The summed E-state index contributed by atoms with van der Waals surface area (Å²) in [6.07, 6.45) is 5.77. The summed E-state index contributed by atoms with van der Waals surface area (Å²) in [5.41, 5.74) is 35.4. The summed E-state index contributed by atoms with van der Waals surface area (Å²) in [6, 6.07) is 59.7. The number of aromatic nitrogens is 2. The molecule has 1 aromatic heterocycles. The molecule has 10 aromatic carbocycles. The van der Waals surface area contributed by atoms with Gasteiger partial charge in [-0.25, -0.2) is 23.8 Å². The number of carbonyl (C=O) groups excluding carboxylic acids is 7. The molecule has 1 spiro atoms. The van der Waals surface area contributed by atoms with E-state index in [4.69, 9.17) is 48.4 Å². The van der Waals surface area contributed by atoms with Crippen molar-refractivity contribution in [2.24, 2.45) is 11.1 Å². The van der Waals surface area contributed by atoms with Gasteiger partial charge < -0.3 is 53.3 Å². The summed E-state index contributed by atoms with van der Waals surface area (Å²) in [5.74, 6) is 1.21. The van der Waals surface area contributed by atoms with Gasteiger partial charge in [-0.2, -0.15) is 0 Å². The van der Waals surface area contributed by atoms with Crippen LogP contribution in [-0.2, 0) is 83.7 Å². The summed E-state index contributed by atoms with van der Waals surface area (Å²) >= 11 is 1.40. The average Bonchev–Trinajstić information content (AvgIpc) is 1.62. The lowest BCUT2D eigenvalue weighted by atomic mass is 9.83. The molecule has 22 rings (SSSR count). The Kier molecular flexibility index (Phi) is 28.7. The van der Waals surface area contributed by atoms with Gasteiger partial charge in [-0.05, 0) is 230 Å². The third kappa shape index (κ3) is 22.6. The van der Waals surface area contributed by atoms with E-state index in [1.165, 1.54) is 98.6 Å². The van der Waals surface area contributed by atoms with Gasteiger partial charge in [-0.1, -0.05) is 178 Å². The normalized spacial score (nSPS) is 17.5. The third-order valence-electron chi connectivity index (χ3n) is 22.3. The highest BCUT2D eigenvalue weighted by Crippen LogP contribution is 2.51. The lowest BCUT2D eigenvalue weighted by Crippen LogP contribution is -2.43. The molecule has 2 saturated heterocycles. The van der Waals surface area contributed by atoms with Gasteiger partial charge in [0.2, 0.25) is 5.12 Å². The summed E-state index contributed by atoms with van der Waals surface area (Å²) in [7, 11) is 0. The van der Waals surface area contributed by atoms with Gasteiger partial charge in [0.05, 0.1) is 79.7 Å². The molecule has 4 amide bonds. The van der Waals surface area contributed by atoms with Crippen molar-refractivity contribution in [2.75, 3.05) is 52.9 Å². The zero-order valence-corrected chi connectivity index (χ0v) is 72.6. The Balaban J connectivity index is 0.000000118. The molecule has 22 nitrogen and oxygen atoms in total. The first-order valence-electron chi connectivity index (χ1n) is 41.4. The fourth-order valence-electron chi connectivity index (χ4n) is 15.8. The van der Waals surface area contributed by atoms with Gasteiger partial charge in [-0.15, -0.1) is 0 Å². The molecule has 123 heavy (non-hydrogen) atoms. The molecule has 3 N–H and O–H groups in total. The van der Waals surface area contributed by atoms with Crippen molar-refractivity contribution in [1.82, 2.24) is 20.5 Å². The number of imide groups is 1. The minimum Gasteiger partial charge on any atom is -0.487 e. The van der Waals surface area contributed by atoms with Crippen LogP contribution in [0.25, 0.3) is 11.0 Å². The SMILES string of the molecule is Cc1ccc2c(c1)C(=O)NC2=O.Cc1ccc2c(c1)C(=O)OC2.Cc1ccc2c(c1)C(=O)SC2.Cc1ccc2c(c1)C(C)(C)OC2=O.Cc1ccc2c(c1)C1CCC2O1.Cc1ccc2c(c1)CC1(COC1)C2.Cc1ccc2c(c1)CN(C(N)=O)C2.Cc1ccc2c(c1)COC2=O.Cc1ccc2c(c1)OCCOCCOCCO2.Cc1ccc2nonc2c1. The Morgan fingerprint density at radius 3 is 1.59 bits per heavy atom. The molecule has 11 heterocycles. The number of carbonyl (C=O) groups is 7. The number of cyclic esters (lactones) is 3. The molecule has 0 radical (unpaired) electrons. The van der Waals surface area contributed by atoms with Crippen LogP contribution in [0.4, 0.5) is 4.79 Å². The van der Waals surface area contributed by atoms with E-state index in [0.717, 1.165) is 97.1 Å². The van der Waals surface area contributed by atoms with Crippen LogP contribution in [-0.4, -0.2) is 109 Å². The number of nitrogens with one attached hydrogen (secondary N) is 1. The van der Waals surface area contributed by atoms with Gasteiger partial charge in [0.25, 0.3) is 11.8 Å². The van der Waals surface area contributed by atoms with Gasteiger partial charge >= 0.3 is 23.9 Å². The van der Waals surface area contributed by atoms with E-state index in [1.54, 1.807) is 28.2 Å². The minimum atomic E-state index is -0.460. The fourth-order valence-corrected chi connectivity index (χ4v) is 16.6. The number of benzene rings is 10. The van der Waals surface area contributed by atoms with Crippen molar-refractivity contribution in [3.05, 3.63) is 327 Å². The third-order valence-corrected chi connectivity index (χ3v) is 23.3. The lowest BCUT2D eigenvalue weighted by Gasteiger charge is -2.37. The monoisotopic (exact) mass is 1680 g/mol. The number of nitrogens with two attached hydrogens (primary N) is 1. The number of nitrogens with zero attached hydrogens (tertiary/aromatic N) is 3. The van der Waals surface area contributed by atoms with Crippen molar-refractivity contribution in [3.63, 3.8) is 0 Å². The molecule has 2 unspecified atom stereocenters. The van der Waals surface area contributed by atoms with Gasteiger partial charge in [0, 0.05) is 46.5 Å². The molecule has 1 aliphatic carbocycles. The standard InChI is InChI=1S/C13H18O4.C12H14O.C11H12O2.C11H12O.C10H12N2O.C9H7NO2.2C9H8O2.C9H8OS.C7H6N2O/c1-11-2-3-12-13(10-11)17-9-7-15-5-4-14-6-8-16-12;1-9-2-3-10-5-12(7-13-8-12)6-11(10)4-9;1-7-4-5-8-9(6-7)11(2,3)13-10(8)12;1-7-2-3-8-9(6-7)11-5-4-10(8)12-11;1-7-2-3-8-5-12(10(11)13)6-9(8)4-7;1-5-2-3-6-7(4-5)9(12)10-8(6)11;1-6-2-3-8-7(4-6)5-11-9(8)10;2*1-6-2-3-7-5-11-9(10)8(7)4-6;1-5-2-3-6-7(4-5)9-10-8-6/h2-3,10H,4-9H2,1H3;2-4H,5-8H2,1H3;4-6H,1-3H3;2-3,6,10-11H,4-5H2,1H3;2-4H,5-6H2,1H3,(H2,11,13);2-4H,1H3,(H,10,11,12);3*2-4H,5H2,1H3;2-4H,1H3. The highest BCUT2D eigenvalue weighted by atomic mass is 32.2. The van der Waals surface area contributed by atoms with Crippen LogP contribution >= 0.6 is 11.8 Å². The average molecular weight is 1680 g/mol. The number of urea groups is 1. The molecule has 11 aliphatic rings. The Morgan fingerprint density at radius 2 is 0.902 bits per heavy atom. The van der Waals surface area contributed by atoms with Crippen molar-refractivity contribution in [2.45, 2.75) is 159 Å². The van der Waals surface area contributed by atoms with E-state index in [9.17, 15) is 33.6 Å². The molecular formula is C100H105N5O17S. The van der Waals surface area contributed by atoms with E-state index in [0.29, 0.717) is 100 Å². The Labute approximate surface area is 721 Å². The number of rotatable bonds is 0. The second-order valence-electron chi connectivity index (χ2n) is 33.0. The topological polar surface area (TPSA) is 283 Å². The van der Waals surface area contributed by atoms with Gasteiger partial charge in [0.15, 0.2) is 11.5 Å². The molecule has 2 fully saturated rings. The zero-order chi connectivity index (χ0) is 87.2. The quantitative estimate of drug-likeness (QED) is 0.0810. The molecule has 2 bridgehead atoms. The summed E-state index contributed by atoms with van der Waals surface area (Å²) in [5, 5.41) is 9.82. The van der Waals surface area contributed by atoms with Crippen molar-refractivity contribution >= 4 is 63.7 Å². The van der Waals surface area contributed by atoms with Crippen LogP contribution < -0.4 is 20.5 Å². The number of aryl methyl sites for hydroxylation is 10. The van der Waals surface area contributed by atoms with E-state index < -0.39 is 5.60 Å². The maximum absolute atomic E-state index is 11.4. The molecule has 11 aromatic rings. The molecule has 10 aliphatic heterocycles. The number of fused-ring (bicyclic) bond motifs is 14. The first kappa shape index (κ1) is 88.7. The molecule has 638 valence electrons. The van der Waals surface area contributed by atoms with Crippen LogP contribution in [0, 0.1) is 74.7 Å². The molecule has 23 heteroatoms. The number of hydrogen-bond acceptors (Lipinski definition) is 20. The number of hydrogen-bond donors (Lipinski definition) is 2. The Hall–Kier alpha value is -12.1. The zero-order valence-electron chi connectivity index (χ0n) is 71.8. The van der Waals surface area contributed by atoms with Crippen LogP contribution in [0.3, 0.4) is 0 Å². The van der Waals surface area contributed by atoms with Crippen LogP contribution in [0.1, 0.15) is 212 Å². The molecule has 0 saturated carbocycles. The summed E-state index contributed by atoms with van der Waals surface area (Å²) in [4.78, 5) is 79.2. The first-order valence-corrected chi connectivity index (χ1v) is 42.4. The van der Waals surface area contributed by atoms with Crippen molar-refractivity contribution in [1.29, 1.82) is 0 Å². The second-order valence-corrected chi connectivity index (χ2v) is 34.0. The second kappa shape index (κ2) is 39.8. The van der Waals surface area contributed by atoms with Gasteiger partial charge in [0.1, 0.15) is 43.1 Å². The maximum atomic E-state index is 11.4. The summed E-state index contributed by atoms with van der Waals surface area (Å²) < 4.78 is 52.5. The molecular weight excluding hydrogens is 1580 g/mol. The number of primary amides is 1. The number of ether oxygens (including phenoxy) is 9. The van der Waals surface area contributed by atoms with Crippen molar-refractivity contribution in [3.8, 4) is 11.5 Å². The highest BCUT2D eigenvalue weighted by Gasteiger charge is 2.44. The first-order chi connectivity index (χ1) is 59.0. The lowest BCUT2D eigenvalue weighted by molar-refractivity contribution is -0.106. The van der Waals surface area contributed by atoms with E-state index >= 15 is 0 Å². The number of thioether (sulfide) groups is 1. The van der Waals surface area contributed by atoms with E-state index in [1.807, 2.05) is 178 Å². The van der Waals surface area contributed by atoms with E-state index in [2.05, 4.69) is 94.8 Å². The fraction of sp³-hybridized carbons (Fsp3) is 0.330. The van der Waals surface area contributed by atoms with Crippen LogP contribution in [0.2, 0.25) is 0 Å². The Morgan fingerprint density at radius 1 is 0.415 bits per heavy atom. The smallest absolute Gasteiger partial charge is 0.339 e. The van der Waals surface area contributed by atoms with Crippen LogP contribution in [0.15, 0.2) is 187 Å². The predicted molar refractivity (Wildman–Crippen MR) is 469 cm³/mol. The minimum absolute atomic E-state index is 0.191.